The van der Waals surface area contributed by atoms with Crippen molar-refractivity contribution in [3.05, 3.63) is 35.4 Å². The summed E-state index contributed by atoms with van der Waals surface area (Å²) in [6, 6.07) is 8.61. The predicted molar refractivity (Wildman–Crippen MR) is 103 cm³/mol. The molecule has 0 atom stereocenters. The number of amides is 3. The van der Waals surface area contributed by atoms with Crippen LogP contribution in [0.15, 0.2) is 24.3 Å². The summed E-state index contributed by atoms with van der Waals surface area (Å²) in [6.07, 6.45) is 7.25. The highest BCUT2D eigenvalue weighted by atomic mass is 16.2. The van der Waals surface area contributed by atoms with Gasteiger partial charge in [0.2, 0.25) is 5.91 Å². The molecule has 3 rings (SSSR count). The third-order valence-corrected chi connectivity index (χ3v) is 5.72. The van der Waals surface area contributed by atoms with Crippen LogP contribution in [0.25, 0.3) is 0 Å². The first-order valence-corrected chi connectivity index (χ1v) is 10.0. The summed E-state index contributed by atoms with van der Waals surface area (Å²) >= 11 is 0. The first kappa shape index (κ1) is 18.7. The van der Waals surface area contributed by atoms with Gasteiger partial charge in [0.05, 0.1) is 0 Å². The SMILES string of the molecule is Cc1ccccc1CCC(=O)N1CCN(C(=O)NC2CCCCC2)CC1. The van der Waals surface area contributed by atoms with Gasteiger partial charge in [-0.15, -0.1) is 0 Å². The quantitative estimate of drug-likeness (QED) is 0.900. The van der Waals surface area contributed by atoms with Crippen LogP contribution in [-0.4, -0.2) is 54.0 Å². The fraction of sp³-hybridized carbons (Fsp3) is 0.619. The van der Waals surface area contributed by atoms with Crippen LogP contribution in [0.5, 0.6) is 0 Å². The molecule has 1 aliphatic heterocycles. The maximum Gasteiger partial charge on any atom is 0.317 e. The largest absolute Gasteiger partial charge is 0.339 e. The molecular formula is C21H31N3O2. The maximum atomic E-state index is 12.5. The van der Waals surface area contributed by atoms with Crippen LogP contribution in [0.4, 0.5) is 4.79 Å². The van der Waals surface area contributed by atoms with Gasteiger partial charge in [0, 0.05) is 38.6 Å². The third-order valence-electron chi connectivity index (χ3n) is 5.72. The minimum Gasteiger partial charge on any atom is -0.339 e. The van der Waals surface area contributed by atoms with Crippen LogP contribution >= 0.6 is 0 Å². The molecule has 0 radical (unpaired) electrons. The van der Waals surface area contributed by atoms with Gasteiger partial charge in [0.15, 0.2) is 0 Å². The maximum absolute atomic E-state index is 12.5. The Morgan fingerprint density at radius 3 is 2.35 bits per heavy atom. The summed E-state index contributed by atoms with van der Waals surface area (Å²) in [5.74, 6) is 0.195. The van der Waals surface area contributed by atoms with E-state index in [0.29, 0.717) is 38.6 Å². The monoisotopic (exact) mass is 357 g/mol. The number of nitrogens with one attached hydrogen (secondary N) is 1. The molecular weight excluding hydrogens is 326 g/mol. The van der Waals surface area contributed by atoms with Gasteiger partial charge in [-0.05, 0) is 37.3 Å². The van der Waals surface area contributed by atoms with E-state index in [-0.39, 0.29) is 11.9 Å². The minimum absolute atomic E-state index is 0.0453. The molecule has 2 fully saturated rings. The Morgan fingerprint density at radius 2 is 1.65 bits per heavy atom. The second kappa shape index (κ2) is 9.06. The van der Waals surface area contributed by atoms with Gasteiger partial charge < -0.3 is 15.1 Å². The van der Waals surface area contributed by atoms with E-state index < -0.39 is 0 Å². The number of aryl methyl sites for hydroxylation is 2. The van der Waals surface area contributed by atoms with Crippen molar-refractivity contribution in [2.45, 2.75) is 57.9 Å². The highest BCUT2D eigenvalue weighted by molar-refractivity contribution is 5.78. The van der Waals surface area contributed by atoms with Gasteiger partial charge in [-0.25, -0.2) is 4.79 Å². The predicted octanol–water partition coefficient (Wildman–Crippen LogP) is 3.11. The third kappa shape index (κ3) is 4.99. The number of piperazine rings is 1. The molecule has 26 heavy (non-hydrogen) atoms. The van der Waals surface area contributed by atoms with Gasteiger partial charge >= 0.3 is 6.03 Å². The summed E-state index contributed by atoms with van der Waals surface area (Å²) < 4.78 is 0. The molecule has 0 spiro atoms. The number of urea groups is 1. The lowest BCUT2D eigenvalue weighted by molar-refractivity contribution is -0.132. The number of carbonyl (C=O) groups is 2. The van der Waals surface area contributed by atoms with E-state index in [9.17, 15) is 9.59 Å². The number of hydrogen-bond acceptors (Lipinski definition) is 2. The Hall–Kier alpha value is -2.04. The zero-order chi connectivity index (χ0) is 18.4. The van der Waals surface area contributed by atoms with E-state index >= 15 is 0 Å². The Morgan fingerprint density at radius 1 is 1.00 bits per heavy atom. The van der Waals surface area contributed by atoms with Crippen molar-refractivity contribution in [2.75, 3.05) is 26.2 Å². The molecule has 5 nitrogen and oxygen atoms in total. The van der Waals surface area contributed by atoms with Crippen molar-refractivity contribution in [1.82, 2.24) is 15.1 Å². The minimum atomic E-state index is 0.0453. The lowest BCUT2D eigenvalue weighted by Crippen LogP contribution is -2.54. The number of carbonyl (C=O) groups excluding carboxylic acids is 2. The average Bonchev–Trinajstić information content (AvgIpc) is 2.68. The molecule has 5 heteroatoms. The fourth-order valence-corrected chi connectivity index (χ4v) is 3.96. The molecule has 1 saturated heterocycles. The number of rotatable bonds is 4. The van der Waals surface area contributed by atoms with Crippen molar-refractivity contribution >= 4 is 11.9 Å². The van der Waals surface area contributed by atoms with Crippen LogP contribution in [0.1, 0.15) is 49.7 Å². The lowest BCUT2D eigenvalue weighted by atomic mass is 9.96. The van der Waals surface area contributed by atoms with Crippen molar-refractivity contribution in [3.63, 3.8) is 0 Å². The van der Waals surface area contributed by atoms with Crippen molar-refractivity contribution < 1.29 is 9.59 Å². The molecule has 2 aliphatic rings. The van der Waals surface area contributed by atoms with E-state index in [1.807, 2.05) is 21.9 Å². The highest BCUT2D eigenvalue weighted by Crippen LogP contribution is 2.18. The van der Waals surface area contributed by atoms with Gasteiger partial charge in [0.1, 0.15) is 0 Å². The fourth-order valence-electron chi connectivity index (χ4n) is 3.96. The second-order valence-electron chi connectivity index (χ2n) is 7.58. The smallest absolute Gasteiger partial charge is 0.317 e. The number of hydrogen-bond donors (Lipinski definition) is 1. The zero-order valence-corrected chi connectivity index (χ0v) is 15.9. The Kier molecular flexibility index (Phi) is 6.53. The topological polar surface area (TPSA) is 52.7 Å². The van der Waals surface area contributed by atoms with Crippen LogP contribution in [-0.2, 0) is 11.2 Å². The van der Waals surface area contributed by atoms with E-state index in [1.165, 1.54) is 30.4 Å². The van der Waals surface area contributed by atoms with E-state index in [4.69, 9.17) is 0 Å². The van der Waals surface area contributed by atoms with Crippen molar-refractivity contribution in [1.29, 1.82) is 0 Å². The molecule has 142 valence electrons. The number of benzene rings is 1. The molecule has 0 unspecified atom stereocenters. The van der Waals surface area contributed by atoms with E-state index in [1.54, 1.807) is 0 Å². The molecule has 1 heterocycles. The molecule has 1 saturated carbocycles. The van der Waals surface area contributed by atoms with Gasteiger partial charge in [0.25, 0.3) is 0 Å². The molecule has 0 aromatic heterocycles. The molecule has 1 aromatic rings. The standard InChI is InChI=1S/C21H31N3O2/c1-17-7-5-6-8-18(17)11-12-20(25)23-13-15-24(16-14-23)21(26)22-19-9-3-2-4-10-19/h5-8,19H,2-4,9-16H2,1H3,(H,22,26). The van der Waals surface area contributed by atoms with Gasteiger partial charge in [-0.1, -0.05) is 43.5 Å². The molecule has 3 amide bonds. The summed E-state index contributed by atoms with van der Waals surface area (Å²) in [4.78, 5) is 28.7. The number of nitrogens with zero attached hydrogens (tertiary/aromatic N) is 2. The van der Waals surface area contributed by atoms with Crippen LogP contribution in [0, 0.1) is 6.92 Å². The molecule has 1 aliphatic carbocycles. The Balaban J connectivity index is 1.40. The summed E-state index contributed by atoms with van der Waals surface area (Å²) in [5, 5.41) is 3.17. The first-order chi connectivity index (χ1) is 12.6. The average molecular weight is 357 g/mol. The summed E-state index contributed by atoms with van der Waals surface area (Å²) in [6.45, 7) is 4.64. The second-order valence-corrected chi connectivity index (χ2v) is 7.58. The van der Waals surface area contributed by atoms with Crippen molar-refractivity contribution in [3.8, 4) is 0 Å². The van der Waals surface area contributed by atoms with Gasteiger partial charge in [-0.3, -0.25) is 4.79 Å². The Labute approximate surface area is 156 Å². The Bertz CT molecular complexity index is 617. The summed E-state index contributed by atoms with van der Waals surface area (Å²) in [7, 11) is 0. The lowest BCUT2D eigenvalue weighted by Gasteiger charge is -2.36. The molecule has 1 aromatic carbocycles. The van der Waals surface area contributed by atoms with Gasteiger partial charge in [-0.2, -0.15) is 0 Å². The molecule has 1 N–H and O–H groups in total. The highest BCUT2D eigenvalue weighted by Gasteiger charge is 2.25. The summed E-state index contributed by atoms with van der Waals surface area (Å²) in [5.41, 5.74) is 2.48. The first-order valence-electron chi connectivity index (χ1n) is 10.0. The zero-order valence-electron chi connectivity index (χ0n) is 15.9. The van der Waals surface area contributed by atoms with Crippen molar-refractivity contribution in [2.24, 2.45) is 0 Å². The van der Waals surface area contributed by atoms with Crippen LogP contribution < -0.4 is 5.32 Å². The molecule has 0 bridgehead atoms. The van der Waals surface area contributed by atoms with E-state index in [0.717, 1.165) is 19.3 Å². The van der Waals surface area contributed by atoms with Crippen LogP contribution in [0.3, 0.4) is 0 Å². The normalized spacial score (nSPS) is 18.7. The van der Waals surface area contributed by atoms with Crippen LogP contribution in [0.2, 0.25) is 0 Å². The van der Waals surface area contributed by atoms with E-state index in [2.05, 4.69) is 24.4 Å².